The predicted octanol–water partition coefficient (Wildman–Crippen LogP) is 3.26. The van der Waals surface area contributed by atoms with Crippen LogP contribution in [-0.4, -0.2) is 47.2 Å². The fourth-order valence-corrected chi connectivity index (χ4v) is 4.14. The smallest absolute Gasteiger partial charge is 0.317 e. The van der Waals surface area contributed by atoms with Crippen molar-refractivity contribution in [1.29, 1.82) is 0 Å². The van der Waals surface area contributed by atoms with Crippen LogP contribution in [0.5, 0.6) is 0 Å². The van der Waals surface area contributed by atoms with E-state index in [1.165, 1.54) is 44.9 Å². The molecule has 0 bridgehead atoms. The van der Waals surface area contributed by atoms with Gasteiger partial charge in [0.15, 0.2) is 0 Å². The Morgan fingerprint density at radius 3 is 2.55 bits per heavy atom. The lowest BCUT2D eigenvalue weighted by molar-refractivity contribution is -0.139. The highest BCUT2D eigenvalue weighted by Crippen LogP contribution is 2.29. The molecule has 2 saturated carbocycles. The lowest BCUT2D eigenvalue weighted by Gasteiger charge is -2.43. The molecule has 0 aromatic heterocycles. The standard InChI is InChI=1S/C18H34N2O2/c1-3-20(13-18(21)22)17-11-16(12-17)19-14(2)9-10-15-7-5-4-6-8-15/h14-17,19H,3-13H2,1-2H3,(H,21,22). The third-order valence-corrected chi connectivity index (χ3v) is 5.63. The summed E-state index contributed by atoms with van der Waals surface area (Å²) < 4.78 is 0. The van der Waals surface area contributed by atoms with Crippen molar-refractivity contribution in [2.45, 2.75) is 89.8 Å². The molecule has 0 radical (unpaired) electrons. The van der Waals surface area contributed by atoms with Crippen LogP contribution < -0.4 is 5.32 Å². The molecule has 128 valence electrons. The largest absolute Gasteiger partial charge is 0.480 e. The van der Waals surface area contributed by atoms with Crippen molar-refractivity contribution in [2.24, 2.45) is 5.92 Å². The molecule has 22 heavy (non-hydrogen) atoms. The molecule has 0 aromatic carbocycles. The molecule has 2 aliphatic carbocycles. The molecule has 2 aliphatic rings. The van der Waals surface area contributed by atoms with Gasteiger partial charge in [-0.05, 0) is 45.1 Å². The minimum Gasteiger partial charge on any atom is -0.480 e. The second kappa shape index (κ2) is 8.88. The Morgan fingerprint density at radius 1 is 1.27 bits per heavy atom. The van der Waals surface area contributed by atoms with Crippen LogP contribution in [0.25, 0.3) is 0 Å². The highest BCUT2D eigenvalue weighted by Gasteiger charge is 2.34. The molecule has 0 spiro atoms. The molecule has 1 unspecified atom stereocenters. The molecular formula is C18H34N2O2. The normalized spacial score (nSPS) is 27.6. The van der Waals surface area contributed by atoms with Gasteiger partial charge in [-0.1, -0.05) is 39.0 Å². The summed E-state index contributed by atoms with van der Waals surface area (Å²) in [6, 6.07) is 1.65. The number of carboxylic acids is 1. The number of rotatable bonds is 9. The van der Waals surface area contributed by atoms with Crippen LogP contribution in [-0.2, 0) is 4.79 Å². The molecule has 2 fully saturated rings. The molecule has 0 aromatic rings. The second-order valence-corrected chi connectivity index (χ2v) is 7.43. The Balaban J connectivity index is 1.58. The molecule has 0 aliphatic heterocycles. The first-order valence-corrected chi connectivity index (χ1v) is 9.30. The fraction of sp³-hybridized carbons (Fsp3) is 0.944. The molecule has 0 saturated heterocycles. The van der Waals surface area contributed by atoms with Gasteiger partial charge in [0.05, 0.1) is 6.54 Å². The molecule has 1 atom stereocenters. The Bertz CT molecular complexity index is 336. The Morgan fingerprint density at radius 2 is 1.95 bits per heavy atom. The monoisotopic (exact) mass is 310 g/mol. The summed E-state index contributed by atoms with van der Waals surface area (Å²) in [6.45, 7) is 5.38. The average molecular weight is 310 g/mol. The average Bonchev–Trinajstić information content (AvgIpc) is 2.47. The number of likely N-dealkylation sites (N-methyl/N-ethyl adjacent to an activating group) is 1. The van der Waals surface area contributed by atoms with Crippen molar-refractivity contribution in [1.82, 2.24) is 10.2 Å². The first kappa shape index (κ1) is 17.7. The summed E-state index contributed by atoms with van der Waals surface area (Å²) in [5, 5.41) is 12.7. The lowest BCUT2D eigenvalue weighted by atomic mass is 9.83. The quantitative estimate of drug-likeness (QED) is 0.686. The van der Waals surface area contributed by atoms with Gasteiger partial charge in [-0.25, -0.2) is 0 Å². The first-order chi connectivity index (χ1) is 10.6. The van der Waals surface area contributed by atoms with Gasteiger partial charge in [-0.15, -0.1) is 0 Å². The van der Waals surface area contributed by atoms with Gasteiger partial charge in [0.25, 0.3) is 0 Å². The molecule has 0 heterocycles. The number of carbonyl (C=O) groups is 1. The van der Waals surface area contributed by atoms with Crippen LogP contribution in [0.2, 0.25) is 0 Å². The number of aliphatic carboxylic acids is 1. The maximum absolute atomic E-state index is 10.9. The lowest BCUT2D eigenvalue weighted by Crippen LogP contribution is -2.55. The molecule has 2 N–H and O–H groups in total. The maximum Gasteiger partial charge on any atom is 0.317 e. The minimum atomic E-state index is -0.709. The van der Waals surface area contributed by atoms with E-state index >= 15 is 0 Å². The van der Waals surface area contributed by atoms with Crippen LogP contribution >= 0.6 is 0 Å². The number of hydrogen-bond acceptors (Lipinski definition) is 3. The molecule has 4 nitrogen and oxygen atoms in total. The van der Waals surface area contributed by atoms with Crippen LogP contribution in [0, 0.1) is 5.92 Å². The summed E-state index contributed by atoms with van der Waals surface area (Å²) >= 11 is 0. The molecule has 2 rings (SSSR count). The van der Waals surface area contributed by atoms with Crippen molar-refractivity contribution in [2.75, 3.05) is 13.1 Å². The number of carboxylic acid groups (broad SMARTS) is 1. The Kier molecular flexibility index (Phi) is 7.16. The zero-order chi connectivity index (χ0) is 15.9. The van der Waals surface area contributed by atoms with E-state index in [4.69, 9.17) is 5.11 Å². The van der Waals surface area contributed by atoms with Gasteiger partial charge in [0.2, 0.25) is 0 Å². The molecule has 4 heteroatoms. The summed E-state index contributed by atoms with van der Waals surface area (Å²) in [7, 11) is 0. The van der Waals surface area contributed by atoms with E-state index in [-0.39, 0.29) is 6.54 Å². The summed E-state index contributed by atoms with van der Waals surface area (Å²) in [4.78, 5) is 12.9. The number of nitrogens with one attached hydrogen (secondary N) is 1. The highest BCUT2D eigenvalue weighted by molar-refractivity contribution is 5.69. The Hall–Kier alpha value is -0.610. The van der Waals surface area contributed by atoms with Gasteiger partial charge in [0, 0.05) is 18.1 Å². The van der Waals surface area contributed by atoms with Crippen LogP contribution in [0.3, 0.4) is 0 Å². The van der Waals surface area contributed by atoms with Crippen LogP contribution in [0.15, 0.2) is 0 Å². The second-order valence-electron chi connectivity index (χ2n) is 7.43. The molecular weight excluding hydrogens is 276 g/mol. The van der Waals surface area contributed by atoms with Crippen molar-refractivity contribution in [3.63, 3.8) is 0 Å². The van der Waals surface area contributed by atoms with Crippen molar-refractivity contribution in [3.05, 3.63) is 0 Å². The zero-order valence-corrected chi connectivity index (χ0v) is 14.4. The predicted molar refractivity (Wildman–Crippen MR) is 90.1 cm³/mol. The maximum atomic E-state index is 10.9. The van der Waals surface area contributed by atoms with Gasteiger partial charge >= 0.3 is 5.97 Å². The third-order valence-electron chi connectivity index (χ3n) is 5.63. The zero-order valence-electron chi connectivity index (χ0n) is 14.4. The van der Waals surface area contributed by atoms with Crippen LogP contribution in [0.1, 0.15) is 71.6 Å². The van der Waals surface area contributed by atoms with E-state index < -0.39 is 5.97 Å². The SMILES string of the molecule is CCN(CC(=O)O)C1CC(NC(C)CCC2CCCCC2)C1. The van der Waals surface area contributed by atoms with E-state index in [0.29, 0.717) is 18.1 Å². The van der Waals surface area contributed by atoms with Crippen molar-refractivity contribution >= 4 is 5.97 Å². The number of nitrogens with zero attached hydrogens (tertiary/aromatic N) is 1. The van der Waals surface area contributed by atoms with Gasteiger partial charge in [-0.2, -0.15) is 0 Å². The summed E-state index contributed by atoms with van der Waals surface area (Å²) in [5.74, 6) is 0.261. The van der Waals surface area contributed by atoms with E-state index in [1.54, 1.807) is 0 Å². The van der Waals surface area contributed by atoms with E-state index in [9.17, 15) is 4.79 Å². The summed E-state index contributed by atoms with van der Waals surface area (Å²) in [5.41, 5.74) is 0. The Labute approximate surface area is 135 Å². The molecule has 0 amide bonds. The van der Waals surface area contributed by atoms with Gasteiger partial charge in [0.1, 0.15) is 0 Å². The summed E-state index contributed by atoms with van der Waals surface area (Å²) in [6.07, 6.45) is 12.1. The van der Waals surface area contributed by atoms with E-state index in [0.717, 1.165) is 25.3 Å². The first-order valence-electron chi connectivity index (χ1n) is 9.30. The van der Waals surface area contributed by atoms with Gasteiger partial charge in [-0.3, -0.25) is 9.69 Å². The number of hydrogen-bond donors (Lipinski definition) is 2. The fourth-order valence-electron chi connectivity index (χ4n) is 4.14. The topological polar surface area (TPSA) is 52.6 Å². The van der Waals surface area contributed by atoms with Crippen molar-refractivity contribution in [3.8, 4) is 0 Å². The minimum absolute atomic E-state index is 0.186. The van der Waals surface area contributed by atoms with Crippen LogP contribution in [0.4, 0.5) is 0 Å². The van der Waals surface area contributed by atoms with E-state index in [2.05, 4.69) is 24.1 Å². The van der Waals surface area contributed by atoms with Gasteiger partial charge < -0.3 is 10.4 Å². The third kappa shape index (κ3) is 5.54. The van der Waals surface area contributed by atoms with Crippen molar-refractivity contribution < 1.29 is 9.90 Å². The van der Waals surface area contributed by atoms with E-state index in [1.807, 2.05) is 0 Å². The highest BCUT2D eigenvalue weighted by atomic mass is 16.4.